The Hall–Kier alpha value is -2.30. The average Bonchev–Trinajstić information content (AvgIpc) is 3.43. The van der Waals surface area contributed by atoms with Crippen molar-refractivity contribution in [2.45, 2.75) is 133 Å². The summed E-state index contributed by atoms with van der Waals surface area (Å²) in [5.41, 5.74) is 9.54. The minimum absolute atomic E-state index is 0.352. The first kappa shape index (κ1) is 36.7. The molecule has 3 N–H and O–H groups in total. The van der Waals surface area contributed by atoms with Crippen LogP contribution in [0, 0.1) is 28.6 Å². The highest BCUT2D eigenvalue weighted by Gasteiger charge is 2.57. The summed E-state index contributed by atoms with van der Waals surface area (Å²) in [6, 6.07) is 4.49. The molecule has 3 aliphatic carbocycles. The molecule has 6 atom stereocenters. The van der Waals surface area contributed by atoms with E-state index in [-0.39, 0.29) is 0 Å². The number of hydrogen-bond donors (Lipinski definition) is 2. The predicted octanol–water partition coefficient (Wildman–Crippen LogP) is 9.14. The zero-order valence-corrected chi connectivity index (χ0v) is 28.3. The molecule has 2 heterocycles. The van der Waals surface area contributed by atoms with Gasteiger partial charge in [0.15, 0.2) is 0 Å². The molecule has 1 aromatic rings. The molecule has 0 aromatic carbocycles. The molecule has 0 saturated heterocycles. The van der Waals surface area contributed by atoms with Gasteiger partial charge in [0.1, 0.15) is 0 Å². The zero-order valence-electron chi connectivity index (χ0n) is 28.3. The van der Waals surface area contributed by atoms with E-state index in [4.69, 9.17) is 5.73 Å². The van der Waals surface area contributed by atoms with E-state index >= 15 is 0 Å². The molecule has 5 heteroatoms. The average molecular weight is 569 g/mol. The highest BCUT2D eigenvalue weighted by Crippen LogP contribution is 2.63. The third-order valence-electron chi connectivity index (χ3n) is 9.92. The Morgan fingerprint density at radius 1 is 0.976 bits per heavy atom. The second kappa shape index (κ2) is 18.3. The van der Waals surface area contributed by atoms with Crippen LogP contribution in [0.2, 0.25) is 0 Å². The lowest BCUT2D eigenvalue weighted by Gasteiger charge is -2.60. The Bertz CT molecular complexity index is 944. The second-order valence-electron chi connectivity index (χ2n) is 11.6. The Morgan fingerprint density at radius 3 is 2.29 bits per heavy atom. The second-order valence-corrected chi connectivity index (χ2v) is 11.6. The SMILES string of the molecule is CC.CC.CC.CCc1ccc(NC=O)c(CC)n1.C[C@@]12CCCC1C1CCC3N(/C=C\N)CC=C[C@]3(C)C1CC2. The van der Waals surface area contributed by atoms with Crippen LogP contribution in [0.25, 0.3) is 0 Å². The molecular formula is C36H64N4O. The first-order valence-corrected chi connectivity index (χ1v) is 16.9. The minimum Gasteiger partial charge on any atom is -0.403 e. The van der Waals surface area contributed by atoms with Crippen molar-refractivity contribution in [2.75, 3.05) is 11.9 Å². The largest absolute Gasteiger partial charge is 0.403 e. The van der Waals surface area contributed by atoms with Gasteiger partial charge in [-0.2, -0.15) is 0 Å². The molecule has 0 spiro atoms. The summed E-state index contributed by atoms with van der Waals surface area (Å²) in [6.07, 6.45) is 21.4. The molecule has 1 amide bonds. The molecule has 4 aliphatic rings. The van der Waals surface area contributed by atoms with E-state index < -0.39 is 0 Å². The van der Waals surface area contributed by atoms with Crippen LogP contribution in [-0.2, 0) is 17.6 Å². The Labute approximate surface area is 253 Å². The summed E-state index contributed by atoms with van der Waals surface area (Å²) in [7, 11) is 0. The quantitative estimate of drug-likeness (QED) is 0.274. The number of fused-ring (bicyclic) bond motifs is 5. The lowest BCUT2D eigenvalue weighted by Crippen LogP contribution is -2.57. The molecule has 1 aliphatic heterocycles. The number of hydrogen-bond acceptors (Lipinski definition) is 4. The van der Waals surface area contributed by atoms with Crippen LogP contribution in [0.5, 0.6) is 0 Å². The van der Waals surface area contributed by atoms with E-state index in [1.165, 1.54) is 44.9 Å². The number of aryl methyl sites for hydroxylation is 2. The molecule has 5 nitrogen and oxygen atoms in total. The van der Waals surface area contributed by atoms with Crippen LogP contribution >= 0.6 is 0 Å². The standard InChI is InChI=1S/C20H32N2.C10H14N2O.3C2H6/c1-19-9-3-5-16(19)15-6-7-18-20(2,17(15)8-11-19)10-4-13-22(18)14-12-21;1-3-8-5-6-10(11-7-13)9(4-2)12-8;3*1-2/h4,10,12,14-18H,3,5-9,11,13,21H2,1-2H3;5-7H,3-4H2,1-2H3,(H,11,13);3*1-2H3/b14-12-;;;;/t15?,16?,17?,18?,19-,20+;;;;/m0..../s1. The Morgan fingerprint density at radius 2 is 1.68 bits per heavy atom. The van der Waals surface area contributed by atoms with Crippen LogP contribution in [0.1, 0.15) is 126 Å². The molecule has 3 saturated carbocycles. The molecular weight excluding hydrogens is 504 g/mol. The van der Waals surface area contributed by atoms with E-state index in [1.807, 2.05) is 60.6 Å². The van der Waals surface area contributed by atoms with Gasteiger partial charge in [0, 0.05) is 36.1 Å². The van der Waals surface area contributed by atoms with E-state index in [0.29, 0.717) is 23.3 Å². The van der Waals surface area contributed by atoms with Crippen molar-refractivity contribution >= 4 is 12.1 Å². The summed E-state index contributed by atoms with van der Waals surface area (Å²) in [4.78, 5) is 17.2. The smallest absolute Gasteiger partial charge is 0.211 e. The molecule has 4 unspecified atom stereocenters. The summed E-state index contributed by atoms with van der Waals surface area (Å²) < 4.78 is 0. The van der Waals surface area contributed by atoms with Gasteiger partial charge in [0.25, 0.3) is 0 Å². The van der Waals surface area contributed by atoms with Gasteiger partial charge in [-0.15, -0.1) is 0 Å². The summed E-state index contributed by atoms with van der Waals surface area (Å²) in [5, 5.41) is 2.64. The highest BCUT2D eigenvalue weighted by molar-refractivity contribution is 5.72. The van der Waals surface area contributed by atoms with Gasteiger partial charge in [-0.05, 0) is 86.7 Å². The normalized spacial score (nSPS) is 30.7. The highest BCUT2D eigenvalue weighted by atomic mass is 16.1. The van der Waals surface area contributed by atoms with Crippen molar-refractivity contribution < 1.29 is 4.79 Å². The van der Waals surface area contributed by atoms with Gasteiger partial charge in [-0.25, -0.2) is 0 Å². The lowest BCUT2D eigenvalue weighted by molar-refractivity contribution is -0.105. The number of nitrogens with zero attached hydrogens (tertiary/aromatic N) is 2. The van der Waals surface area contributed by atoms with Crippen molar-refractivity contribution in [3.8, 4) is 0 Å². The zero-order chi connectivity index (χ0) is 31.1. The van der Waals surface area contributed by atoms with Crippen LogP contribution in [0.15, 0.2) is 36.7 Å². The first-order valence-electron chi connectivity index (χ1n) is 16.9. The topological polar surface area (TPSA) is 71.2 Å². The summed E-state index contributed by atoms with van der Waals surface area (Å²) >= 11 is 0. The summed E-state index contributed by atoms with van der Waals surface area (Å²) in [6.45, 7) is 22.3. The number of carbonyl (C=O) groups excluding carboxylic acids is 1. The van der Waals surface area contributed by atoms with Gasteiger partial charge >= 0.3 is 0 Å². The summed E-state index contributed by atoms with van der Waals surface area (Å²) in [5.74, 6) is 2.85. The number of amides is 1. The van der Waals surface area contributed by atoms with Crippen molar-refractivity contribution in [1.29, 1.82) is 0 Å². The van der Waals surface area contributed by atoms with Gasteiger partial charge in [0.2, 0.25) is 6.41 Å². The molecule has 0 bridgehead atoms. The molecule has 0 radical (unpaired) electrons. The van der Waals surface area contributed by atoms with Crippen LogP contribution < -0.4 is 11.1 Å². The van der Waals surface area contributed by atoms with E-state index in [9.17, 15) is 4.79 Å². The number of pyridine rings is 1. The van der Waals surface area contributed by atoms with Gasteiger partial charge in [-0.3, -0.25) is 9.78 Å². The minimum atomic E-state index is 0.352. The number of nitrogens with one attached hydrogen (secondary N) is 1. The maximum Gasteiger partial charge on any atom is 0.211 e. The van der Waals surface area contributed by atoms with E-state index in [1.54, 1.807) is 6.20 Å². The van der Waals surface area contributed by atoms with E-state index in [2.05, 4.69) is 54.3 Å². The van der Waals surface area contributed by atoms with Gasteiger partial charge in [-0.1, -0.05) is 87.8 Å². The monoisotopic (exact) mass is 569 g/mol. The maximum atomic E-state index is 10.3. The number of rotatable bonds is 5. The third-order valence-corrected chi connectivity index (χ3v) is 9.92. The lowest BCUT2D eigenvalue weighted by atomic mass is 9.48. The molecule has 41 heavy (non-hydrogen) atoms. The Balaban J connectivity index is 0.000000381. The first-order chi connectivity index (χ1) is 19.9. The molecule has 1 aromatic heterocycles. The maximum absolute atomic E-state index is 10.3. The fourth-order valence-corrected chi connectivity index (χ4v) is 8.16. The molecule has 3 fully saturated rings. The molecule has 5 rings (SSSR count). The number of aromatic nitrogens is 1. The van der Waals surface area contributed by atoms with E-state index in [0.717, 1.165) is 54.2 Å². The molecule has 234 valence electrons. The Kier molecular flexibility index (Phi) is 16.4. The number of nitrogens with two attached hydrogens (primary N) is 1. The number of carbonyl (C=O) groups is 1. The van der Waals surface area contributed by atoms with Crippen molar-refractivity contribution in [1.82, 2.24) is 9.88 Å². The van der Waals surface area contributed by atoms with Crippen molar-refractivity contribution in [3.63, 3.8) is 0 Å². The van der Waals surface area contributed by atoms with Gasteiger partial charge in [0.05, 0.1) is 11.4 Å². The van der Waals surface area contributed by atoms with Crippen molar-refractivity contribution in [3.05, 3.63) is 48.1 Å². The number of anilines is 1. The predicted molar refractivity (Wildman–Crippen MR) is 179 cm³/mol. The fourth-order valence-electron chi connectivity index (χ4n) is 8.16. The fraction of sp³-hybridized carbons (Fsp3) is 0.722. The third kappa shape index (κ3) is 8.38. The van der Waals surface area contributed by atoms with Gasteiger partial charge < -0.3 is 16.0 Å². The van der Waals surface area contributed by atoms with Crippen LogP contribution in [0.4, 0.5) is 5.69 Å². The van der Waals surface area contributed by atoms with Crippen LogP contribution in [0.3, 0.4) is 0 Å². The van der Waals surface area contributed by atoms with Crippen LogP contribution in [-0.4, -0.2) is 28.9 Å². The van der Waals surface area contributed by atoms with Crippen molar-refractivity contribution in [2.24, 2.45) is 34.3 Å².